The lowest BCUT2D eigenvalue weighted by atomic mass is 10.1. The fourth-order valence-electron chi connectivity index (χ4n) is 2.78. The van der Waals surface area contributed by atoms with Gasteiger partial charge in [-0.3, -0.25) is 4.99 Å². The summed E-state index contributed by atoms with van der Waals surface area (Å²) in [5, 5.41) is 8.42. The molecule has 142 valence electrons. The molecule has 0 aromatic heterocycles. The molecule has 0 unspecified atom stereocenters. The second-order valence-electron chi connectivity index (χ2n) is 5.73. The van der Waals surface area contributed by atoms with Crippen LogP contribution in [0.15, 0.2) is 34.2 Å². The summed E-state index contributed by atoms with van der Waals surface area (Å²) in [5.74, 6) is 0.848. The normalized spacial score (nSPS) is 16.4. The van der Waals surface area contributed by atoms with E-state index in [1.165, 1.54) is 12.1 Å². The lowest BCUT2D eigenvalue weighted by Crippen LogP contribution is -2.46. The van der Waals surface area contributed by atoms with E-state index in [1.807, 2.05) is 6.92 Å². The molecular formula is C16H27IN4O3S. The van der Waals surface area contributed by atoms with Crippen LogP contribution in [0.2, 0.25) is 0 Å². The quantitative estimate of drug-likeness (QED) is 0.377. The predicted octanol–water partition coefficient (Wildman–Crippen LogP) is 1.53. The summed E-state index contributed by atoms with van der Waals surface area (Å²) in [6, 6.07) is 6.54. The van der Waals surface area contributed by atoms with Crippen molar-refractivity contribution in [3.8, 4) is 0 Å². The van der Waals surface area contributed by atoms with Crippen molar-refractivity contribution in [2.75, 3.05) is 26.7 Å². The van der Waals surface area contributed by atoms with Crippen molar-refractivity contribution in [1.29, 1.82) is 0 Å². The van der Waals surface area contributed by atoms with Gasteiger partial charge in [-0.05, 0) is 37.5 Å². The maximum absolute atomic E-state index is 11.3. The minimum Gasteiger partial charge on any atom is -0.378 e. The molecule has 0 bridgehead atoms. The van der Waals surface area contributed by atoms with Crippen molar-refractivity contribution in [1.82, 2.24) is 10.2 Å². The van der Waals surface area contributed by atoms with Crippen LogP contribution in [0, 0.1) is 0 Å². The minimum absolute atomic E-state index is 0. The maximum atomic E-state index is 11.3. The van der Waals surface area contributed by atoms with Crippen molar-refractivity contribution in [2.45, 2.75) is 37.3 Å². The number of piperidine rings is 1. The molecule has 25 heavy (non-hydrogen) atoms. The molecule has 0 atom stereocenters. The zero-order valence-corrected chi connectivity index (χ0v) is 17.8. The van der Waals surface area contributed by atoms with Gasteiger partial charge in [-0.25, -0.2) is 13.6 Å². The Balaban J connectivity index is 0.00000312. The van der Waals surface area contributed by atoms with Crippen LogP contribution in [-0.4, -0.2) is 52.1 Å². The SMILES string of the molecule is CCOC1CCN(C(=NC)NCc2ccc(S(N)(=O)=O)cc2)CC1.I. The number of guanidine groups is 1. The zero-order chi connectivity index (χ0) is 17.6. The number of aliphatic imine (C=N–C) groups is 1. The third-order valence-electron chi connectivity index (χ3n) is 4.06. The number of halogens is 1. The number of likely N-dealkylation sites (tertiary alicyclic amines) is 1. The van der Waals surface area contributed by atoms with E-state index in [0.717, 1.165) is 44.1 Å². The molecule has 0 amide bonds. The molecule has 1 fully saturated rings. The van der Waals surface area contributed by atoms with Crippen LogP contribution in [-0.2, 0) is 21.3 Å². The lowest BCUT2D eigenvalue weighted by molar-refractivity contribution is 0.0263. The molecule has 7 nitrogen and oxygen atoms in total. The van der Waals surface area contributed by atoms with Crippen LogP contribution in [0.25, 0.3) is 0 Å². The van der Waals surface area contributed by atoms with E-state index in [-0.39, 0.29) is 28.9 Å². The van der Waals surface area contributed by atoms with E-state index in [0.29, 0.717) is 12.6 Å². The fourth-order valence-corrected chi connectivity index (χ4v) is 3.30. The molecule has 1 saturated heterocycles. The zero-order valence-electron chi connectivity index (χ0n) is 14.6. The van der Waals surface area contributed by atoms with Crippen molar-refractivity contribution in [3.63, 3.8) is 0 Å². The van der Waals surface area contributed by atoms with Gasteiger partial charge in [0.05, 0.1) is 11.0 Å². The summed E-state index contributed by atoms with van der Waals surface area (Å²) >= 11 is 0. The number of sulfonamides is 1. The molecule has 1 aliphatic rings. The van der Waals surface area contributed by atoms with Gasteiger partial charge in [0.1, 0.15) is 0 Å². The van der Waals surface area contributed by atoms with Gasteiger partial charge < -0.3 is 15.0 Å². The Morgan fingerprint density at radius 3 is 2.40 bits per heavy atom. The Kier molecular flexibility index (Phi) is 9.11. The van der Waals surface area contributed by atoms with E-state index in [9.17, 15) is 8.42 Å². The summed E-state index contributed by atoms with van der Waals surface area (Å²) in [6.45, 7) is 5.17. The van der Waals surface area contributed by atoms with Crippen molar-refractivity contribution < 1.29 is 13.2 Å². The first-order valence-electron chi connectivity index (χ1n) is 8.13. The highest BCUT2D eigenvalue weighted by molar-refractivity contribution is 14.0. The van der Waals surface area contributed by atoms with Crippen LogP contribution < -0.4 is 10.5 Å². The summed E-state index contributed by atoms with van der Waals surface area (Å²) < 4.78 is 28.2. The average molecular weight is 482 g/mol. The number of primary sulfonamides is 1. The van der Waals surface area contributed by atoms with Gasteiger partial charge in [0, 0.05) is 33.3 Å². The van der Waals surface area contributed by atoms with Gasteiger partial charge in [-0.15, -0.1) is 24.0 Å². The Bertz CT molecular complexity index is 656. The first-order chi connectivity index (χ1) is 11.4. The van der Waals surface area contributed by atoms with Crippen molar-refractivity contribution in [3.05, 3.63) is 29.8 Å². The number of benzene rings is 1. The smallest absolute Gasteiger partial charge is 0.238 e. The molecule has 1 aromatic rings. The number of rotatable bonds is 5. The van der Waals surface area contributed by atoms with Gasteiger partial charge in [-0.1, -0.05) is 12.1 Å². The molecular weight excluding hydrogens is 455 g/mol. The first-order valence-corrected chi connectivity index (χ1v) is 9.67. The molecule has 0 spiro atoms. The van der Waals surface area contributed by atoms with E-state index in [4.69, 9.17) is 9.88 Å². The standard InChI is InChI=1S/C16H26N4O3S.HI/c1-3-23-14-8-10-20(11-9-14)16(18-2)19-12-13-4-6-15(7-5-13)24(17,21)22;/h4-7,14H,3,8-12H2,1-2H3,(H,18,19)(H2,17,21,22);1H. The van der Waals surface area contributed by atoms with Crippen LogP contribution >= 0.6 is 24.0 Å². The Hall–Kier alpha value is -0.910. The van der Waals surface area contributed by atoms with Gasteiger partial charge in [0.2, 0.25) is 10.0 Å². The van der Waals surface area contributed by atoms with Gasteiger partial charge in [0.25, 0.3) is 0 Å². The second kappa shape index (κ2) is 10.3. The maximum Gasteiger partial charge on any atom is 0.238 e. The average Bonchev–Trinajstić information content (AvgIpc) is 2.57. The van der Waals surface area contributed by atoms with Gasteiger partial charge in [0.15, 0.2) is 5.96 Å². The van der Waals surface area contributed by atoms with Crippen LogP contribution in [0.3, 0.4) is 0 Å². The lowest BCUT2D eigenvalue weighted by Gasteiger charge is -2.34. The Labute approximate surface area is 167 Å². The number of nitrogens with zero attached hydrogens (tertiary/aromatic N) is 2. The summed E-state index contributed by atoms with van der Waals surface area (Å²) in [5.41, 5.74) is 0.966. The summed E-state index contributed by atoms with van der Waals surface area (Å²) in [4.78, 5) is 6.66. The van der Waals surface area contributed by atoms with Gasteiger partial charge >= 0.3 is 0 Å². The number of nitrogens with one attached hydrogen (secondary N) is 1. The highest BCUT2D eigenvalue weighted by atomic mass is 127. The van der Waals surface area contributed by atoms with Crippen molar-refractivity contribution >= 4 is 40.0 Å². The monoisotopic (exact) mass is 482 g/mol. The van der Waals surface area contributed by atoms with E-state index < -0.39 is 10.0 Å². The number of hydrogen-bond acceptors (Lipinski definition) is 4. The molecule has 0 radical (unpaired) electrons. The molecule has 9 heteroatoms. The predicted molar refractivity (Wildman–Crippen MR) is 110 cm³/mol. The van der Waals surface area contributed by atoms with E-state index in [1.54, 1.807) is 19.2 Å². The highest BCUT2D eigenvalue weighted by Gasteiger charge is 2.21. The highest BCUT2D eigenvalue weighted by Crippen LogP contribution is 2.14. The number of ether oxygens (including phenoxy) is 1. The topological polar surface area (TPSA) is 97.0 Å². The molecule has 3 N–H and O–H groups in total. The van der Waals surface area contributed by atoms with Crippen LogP contribution in [0.1, 0.15) is 25.3 Å². The Morgan fingerprint density at radius 1 is 1.32 bits per heavy atom. The summed E-state index contributed by atoms with van der Waals surface area (Å²) in [7, 11) is -1.88. The first kappa shape index (κ1) is 22.1. The third kappa shape index (κ3) is 6.72. The second-order valence-corrected chi connectivity index (χ2v) is 7.29. The summed E-state index contributed by atoms with van der Waals surface area (Å²) in [6.07, 6.45) is 2.34. The molecule has 0 aliphatic carbocycles. The minimum atomic E-state index is -3.65. The largest absolute Gasteiger partial charge is 0.378 e. The number of nitrogens with two attached hydrogens (primary N) is 1. The van der Waals surface area contributed by atoms with E-state index >= 15 is 0 Å². The molecule has 0 saturated carbocycles. The van der Waals surface area contributed by atoms with Crippen LogP contribution in [0.4, 0.5) is 0 Å². The fraction of sp³-hybridized carbons (Fsp3) is 0.562. The van der Waals surface area contributed by atoms with Gasteiger partial charge in [-0.2, -0.15) is 0 Å². The van der Waals surface area contributed by atoms with E-state index in [2.05, 4.69) is 15.2 Å². The molecule has 1 heterocycles. The number of hydrogen-bond donors (Lipinski definition) is 2. The molecule has 1 aromatic carbocycles. The van der Waals surface area contributed by atoms with Crippen molar-refractivity contribution in [2.24, 2.45) is 10.1 Å². The van der Waals surface area contributed by atoms with Crippen LogP contribution in [0.5, 0.6) is 0 Å². The third-order valence-corrected chi connectivity index (χ3v) is 4.99. The Morgan fingerprint density at radius 2 is 1.92 bits per heavy atom. The molecule has 1 aliphatic heterocycles. The molecule has 2 rings (SSSR count).